The van der Waals surface area contributed by atoms with E-state index in [0.717, 1.165) is 30.1 Å². The molecule has 5 heterocycles. The summed E-state index contributed by atoms with van der Waals surface area (Å²) in [5.41, 5.74) is 2.29. The van der Waals surface area contributed by atoms with Gasteiger partial charge in [-0.15, -0.1) is 22.7 Å². The van der Waals surface area contributed by atoms with E-state index in [4.69, 9.17) is 5.10 Å². The highest BCUT2D eigenvalue weighted by Crippen LogP contribution is 2.36. The Balaban J connectivity index is 1.38. The molecular weight excluding hydrogens is 388 g/mol. The van der Waals surface area contributed by atoms with Gasteiger partial charge in [0, 0.05) is 42.3 Å². The second-order valence-corrected chi connectivity index (χ2v) is 9.20. The normalized spacial score (nSPS) is 22.3. The van der Waals surface area contributed by atoms with E-state index in [1.807, 2.05) is 12.1 Å². The third-order valence-corrected chi connectivity index (χ3v) is 7.54. The molecule has 2 aliphatic heterocycles. The Bertz CT molecular complexity index is 990. The Kier molecular flexibility index (Phi) is 4.66. The molecule has 1 amide bonds. The maximum Gasteiger partial charge on any atom is 0.257 e. The van der Waals surface area contributed by atoms with E-state index in [1.165, 1.54) is 10.6 Å². The van der Waals surface area contributed by atoms with E-state index < -0.39 is 0 Å². The minimum Gasteiger partial charge on any atom is -0.349 e. The zero-order valence-corrected chi connectivity index (χ0v) is 17.3. The zero-order valence-electron chi connectivity index (χ0n) is 15.7. The number of hydrazone groups is 1. The molecule has 0 aliphatic carbocycles. The largest absolute Gasteiger partial charge is 0.349 e. The van der Waals surface area contributed by atoms with Crippen molar-refractivity contribution in [3.8, 4) is 0 Å². The summed E-state index contributed by atoms with van der Waals surface area (Å²) < 4.78 is 2.28. The highest BCUT2D eigenvalue weighted by molar-refractivity contribution is 7.12. The summed E-state index contributed by atoms with van der Waals surface area (Å²) in [5.74, 6) is 0.0804. The van der Waals surface area contributed by atoms with Crippen LogP contribution in [0.5, 0.6) is 0 Å². The van der Waals surface area contributed by atoms with Crippen LogP contribution in [0.25, 0.3) is 0 Å². The number of carbonyl (C=O) groups is 1. The Hall–Kier alpha value is -2.22. The molecule has 144 valence electrons. The number of amides is 1. The molecule has 0 N–H and O–H groups in total. The molecule has 2 atom stereocenters. The third kappa shape index (κ3) is 3.13. The lowest BCUT2D eigenvalue weighted by Gasteiger charge is -2.35. The fourth-order valence-electron chi connectivity index (χ4n) is 4.12. The monoisotopic (exact) mass is 410 g/mol. The van der Waals surface area contributed by atoms with Gasteiger partial charge >= 0.3 is 0 Å². The van der Waals surface area contributed by atoms with Gasteiger partial charge in [0.1, 0.15) is 0 Å². The molecule has 3 aromatic heterocycles. The minimum absolute atomic E-state index is 0.00792. The van der Waals surface area contributed by atoms with Gasteiger partial charge in [0.15, 0.2) is 0 Å². The molecule has 0 spiro atoms. The number of rotatable bonds is 4. The van der Waals surface area contributed by atoms with Crippen molar-refractivity contribution in [3.63, 3.8) is 0 Å². The van der Waals surface area contributed by atoms with Crippen LogP contribution in [0.1, 0.15) is 40.9 Å². The minimum atomic E-state index is 0.00792. The summed E-state index contributed by atoms with van der Waals surface area (Å²) in [6.07, 6.45) is 2.90. The smallest absolute Gasteiger partial charge is 0.257 e. The van der Waals surface area contributed by atoms with Gasteiger partial charge in [0.05, 0.1) is 23.2 Å². The first-order valence-electron chi connectivity index (χ1n) is 9.56. The summed E-state index contributed by atoms with van der Waals surface area (Å²) in [6.45, 7) is 4.39. The predicted octanol–water partition coefficient (Wildman–Crippen LogP) is 4.37. The summed E-state index contributed by atoms with van der Waals surface area (Å²) >= 11 is 3.38. The quantitative estimate of drug-likeness (QED) is 0.641. The Morgan fingerprint density at radius 1 is 1.14 bits per heavy atom. The van der Waals surface area contributed by atoms with Gasteiger partial charge in [-0.1, -0.05) is 12.1 Å². The second kappa shape index (κ2) is 7.31. The van der Waals surface area contributed by atoms with Crippen molar-refractivity contribution in [2.75, 3.05) is 13.1 Å². The van der Waals surface area contributed by atoms with Crippen LogP contribution in [0.2, 0.25) is 0 Å². The lowest BCUT2D eigenvalue weighted by Crippen LogP contribution is -2.43. The van der Waals surface area contributed by atoms with E-state index in [-0.39, 0.29) is 18.0 Å². The van der Waals surface area contributed by atoms with Crippen LogP contribution in [0, 0.1) is 0 Å². The van der Waals surface area contributed by atoms with Crippen LogP contribution in [0.15, 0.2) is 58.5 Å². The van der Waals surface area contributed by atoms with Gasteiger partial charge in [-0.2, -0.15) is 5.10 Å². The fraction of sp³-hybridized carbons (Fsp3) is 0.333. The lowest BCUT2D eigenvalue weighted by molar-refractivity contribution is -0.135. The van der Waals surface area contributed by atoms with Crippen molar-refractivity contribution in [2.24, 2.45) is 5.10 Å². The standard InChI is InChI=1S/C21H22N4OS2/c1-15-17-5-2-8-23(17)9-10-24(15)14-21(26)25-18(20-7-4-12-28-20)13-16(22-25)19-6-3-11-27-19/h2-8,11-12,15,18H,9-10,13-14H2,1H3. The molecule has 7 heteroatoms. The summed E-state index contributed by atoms with van der Waals surface area (Å²) in [4.78, 5) is 17.9. The van der Waals surface area contributed by atoms with Gasteiger partial charge in [0.2, 0.25) is 0 Å². The van der Waals surface area contributed by atoms with Gasteiger partial charge in [-0.25, -0.2) is 5.01 Å². The molecule has 0 saturated heterocycles. The number of thiophene rings is 2. The van der Waals surface area contributed by atoms with Crippen LogP contribution in [-0.2, 0) is 11.3 Å². The Morgan fingerprint density at radius 3 is 2.79 bits per heavy atom. The molecular formula is C21H22N4OS2. The molecule has 3 aromatic rings. The number of nitrogens with zero attached hydrogens (tertiary/aromatic N) is 4. The van der Waals surface area contributed by atoms with Crippen LogP contribution in [0.4, 0.5) is 0 Å². The maximum atomic E-state index is 13.3. The van der Waals surface area contributed by atoms with Crippen molar-refractivity contribution in [1.29, 1.82) is 0 Å². The van der Waals surface area contributed by atoms with E-state index >= 15 is 0 Å². The molecule has 0 bridgehead atoms. The average Bonchev–Trinajstić information content (AvgIpc) is 3.48. The van der Waals surface area contributed by atoms with Crippen molar-refractivity contribution < 1.29 is 4.79 Å². The number of hydrogen-bond donors (Lipinski definition) is 0. The Morgan fingerprint density at radius 2 is 2.00 bits per heavy atom. The van der Waals surface area contributed by atoms with Gasteiger partial charge in [-0.05, 0) is 41.9 Å². The Labute approximate surface area is 172 Å². The van der Waals surface area contributed by atoms with E-state index in [9.17, 15) is 4.79 Å². The van der Waals surface area contributed by atoms with E-state index in [1.54, 1.807) is 27.7 Å². The molecule has 2 unspecified atom stereocenters. The van der Waals surface area contributed by atoms with Crippen molar-refractivity contribution in [1.82, 2.24) is 14.5 Å². The van der Waals surface area contributed by atoms with Crippen molar-refractivity contribution in [2.45, 2.75) is 32.0 Å². The van der Waals surface area contributed by atoms with Gasteiger partial charge in [0.25, 0.3) is 5.91 Å². The maximum absolute atomic E-state index is 13.3. The zero-order chi connectivity index (χ0) is 19.1. The number of aromatic nitrogens is 1. The highest BCUT2D eigenvalue weighted by atomic mass is 32.1. The highest BCUT2D eigenvalue weighted by Gasteiger charge is 2.35. The topological polar surface area (TPSA) is 40.8 Å². The fourth-order valence-corrected chi connectivity index (χ4v) is 5.66. The molecule has 0 radical (unpaired) electrons. The van der Waals surface area contributed by atoms with Gasteiger partial charge < -0.3 is 4.57 Å². The van der Waals surface area contributed by atoms with Crippen LogP contribution < -0.4 is 0 Å². The second-order valence-electron chi connectivity index (χ2n) is 7.27. The molecule has 0 aromatic carbocycles. The van der Waals surface area contributed by atoms with E-state index in [0.29, 0.717) is 6.54 Å². The van der Waals surface area contributed by atoms with Crippen LogP contribution in [0.3, 0.4) is 0 Å². The number of fused-ring (bicyclic) bond motifs is 1. The number of carbonyl (C=O) groups excluding carboxylic acids is 1. The average molecular weight is 411 g/mol. The number of hydrogen-bond acceptors (Lipinski definition) is 5. The molecule has 28 heavy (non-hydrogen) atoms. The summed E-state index contributed by atoms with van der Waals surface area (Å²) in [6, 6.07) is 12.8. The van der Waals surface area contributed by atoms with Crippen molar-refractivity contribution in [3.05, 3.63) is 68.8 Å². The first kappa shape index (κ1) is 17.8. The molecule has 0 fully saturated rings. The van der Waals surface area contributed by atoms with Gasteiger partial charge in [-0.3, -0.25) is 9.69 Å². The molecule has 5 rings (SSSR count). The van der Waals surface area contributed by atoms with Crippen LogP contribution in [-0.4, -0.2) is 39.2 Å². The predicted molar refractivity (Wildman–Crippen MR) is 114 cm³/mol. The third-order valence-electron chi connectivity index (χ3n) is 5.65. The molecule has 0 saturated carbocycles. The van der Waals surface area contributed by atoms with Crippen LogP contribution >= 0.6 is 22.7 Å². The summed E-state index contributed by atoms with van der Waals surface area (Å²) in [5, 5.41) is 10.6. The molecule has 5 nitrogen and oxygen atoms in total. The first-order valence-corrected chi connectivity index (χ1v) is 11.3. The van der Waals surface area contributed by atoms with Crippen molar-refractivity contribution >= 4 is 34.3 Å². The SMILES string of the molecule is CC1c2cccn2CCN1CC(=O)N1N=C(c2cccs2)CC1c1cccs1. The van der Waals surface area contributed by atoms with E-state index in [2.05, 4.69) is 57.6 Å². The first-order chi connectivity index (χ1) is 13.7. The lowest BCUT2D eigenvalue weighted by atomic mass is 10.1. The summed E-state index contributed by atoms with van der Waals surface area (Å²) in [7, 11) is 0. The molecule has 2 aliphatic rings.